The van der Waals surface area contributed by atoms with Crippen molar-refractivity contribution in [3.63, 3.8) is 0 Å². The third-order valence-electron chi connectivity index (χ3n) is 2.08. The lowest BCUT2D eigenvalue weighted by Crippen LogP contribution is -2.41. The summed E-state index contributed by atoms with van der Waals surface area (Å²) in [6, 6.07) is 7.09. The van der Waals surface area contributed by atoms with E-state index in [2.05, 4.69) is 33.4 Å². The van der Waals surface area contributed by atoms with Crippen molar-refractivity contribution in [2.45, 2.75) is 13.3 Å². The second kappa shape index (κ2) is 8.04. The maximum Gasteiger partial charge on any atom is 0.269 e. The van der Waals surface area contributed by atoms with Gasteiger partial charge in [-0.3, -0.25) is 20.4 Å². The van der Waals surface area contributed by atoms with Crippen LogP contribution in [0.2, 0.25) is 0 Å². The number of carbonyl (C=O) groups is 2. The summed E-state index contributed by atoms with van der Waals surface area (Å²) in [5.74, 6) is -0.610. The molecule has 0 bridgehead atoms. The summed E-state index contributed by atoms with van der Waals surface area (Å²) in [7, 11) is 0. The van der Waals surface area contributed by atoms with E-state index in [1.807, 2.05) is 13.0 Å². The van der Waals surface area contributed by atoms with Gasteiger partial charge in [-0.25, -0.2) is 0 Å². The van der Waals surface area contributed by atoms with Gasteiger partial charge in [0.1, 0.15) is 0 Å². The fourth-order valence-corrected chi connectivity index (χ4v) is 1.74. The predicted octanol–water partition coefficient (Wildman–Crippen LogP) is 1.48. The standard InChI is InChI=1S/C12H15IN2O3/c1-2-18-7-6-11(16)14-15-12(17)9-4-3-5-10(13)8-9/h3-5,8H,2,6-7H2,1H3,(H,14,16)(H,15,17). The Balaban J connectivity index is 2.35. The van der Waals surface area contributed by atoms with Crippen molar-refractivity contribution < 1.29 is 14.3 Å². The van der Waals surface area contributed by atoms with Gasteiger partial charge in [0.05, 0.1) is 13.0 Å². The number of ether oxygens (including phenoxy) is 1. The maximum absolute atomic E-state index is 11.7. The average molecular weight is 362 g/mol. The van der Waals surface area contributed by atoms with Gasteiger partial charge in [0.2, 0.25) is 5.91 Å². The molecule has 0 aliphatic heterocycles. The van der Waals surface area contributed by atoms with E-state index < -0.39 is 0 Å². The fourth-order valence-electron chi connectivity index (χ4n) is 1.20. The Kier molecular flexibility index (Phi) is 6.66. The molecule has 1 rings (SSSR count). The summed E-state index contributed by atoms with van der Waals surface area (Å²) in [5.41, 5.74) is 5.20. The second-order valence-corrected chi connectivity index (χ2v) is 4.71. The molecule has 98 valence electrons. The zero-order chi connectivity index (χ0) is 13.4. The summed E-state index contributed by atoms with van der Waals surface area (Å²) in [6.07, 6.45) is 0.223. The van der Waals surface area contributed by atoms with E-state index in [4.69, 9.17) is 4.74 Å². The number of hydrogen-bond acceptors (Lipinski definition) is 3. The molecular weight excluding hydrogens is 347 g/mol. The van der Waals surface area contributed by atoms with Crippen LogP contribution in [-0.4, -0.2) is 25.0 Å². The third kappa shape index (κ3) is 5.46. The summed E-state index contributed by atoms with van der Waals surface area (Å²) < 4.78 is 6.00. The molecular formula is C12H15IN2O3. The maximum atomic E-state index is 11.7. The predicted molar refractivity (Wildman–Crippen MR) is 75.9 cm³/mol. The molecule has 6 heteroatoms. The molecule has 2 N–H and O–H groups in total. The van der Waals surface area contributed by atoms with Crippen molar-refractivity contribution in [2.24, 2.45) is 0 Å². The van der Waals surface area contributed by atoms with E-state index >= 15 is 0 Å². The number of rotatable bonds is 5. The van der Waals surface area contributed by atoms with Crippen molar-refractivity contribution in [2.75, 3.05) is 13.2 Å². The van der Waals surface area contributed by atoms with Crippen LogP contribution in [0.5, 0.6) is 0 Å². The van der Waals surface area contributed by atoms with E-state index in [0.717, 1.165) is 3.57 Å². The molecule has 0 aliphatic rings. The molecule has 0 unspecified atom stereocenters. The molecule has 0 heterocycles. The van der Waals surface area contributed by atoms with Gasteiger partial charge in [0, 0.05) is 15.7 Å². The quantitative estimate of drug-likeness (QED) is 0.474. The normalized spacial score (nSPS) is 9.89. The highest BCUT2D eigenvalue weighted by atomic mass is 127. The Labute approximate surface area is 119 Å². The minimum atomic E-state index is -0.335. The highest BCUT2D eigenvalue weighted by Crippen LogP contribution is 2.07. The fraction of sp³-hybridized carbons (Fsp3) is 0.333. The molecule has 1 aromatic rings. The van der Waals surface area contributed by atoms with Gasteiger partial charge >= 0.3 is 0 Å². The van der Waals surface area contributed by atoms with Crippen molar-refractivity contribution in [1.82, 2.24) is 10.9 Å². The summed E-state index contributed by atoms with van der Waals surface area (Å²) in [5, 5.41) is 0. The SMILES string of the molecule is CCOCCC(=O)NNC(=O)c1cccc(I)c1. The lowest BCUT2D eigenvalue weighted by atomic mass is 10.2. The molecule has 0 saturated carbocycles. The van der Waals surface area contributed by atoms with E-state index in [1.54, 1.807) is 18.2 Å². The number of halogens is 1. The Bertz CT molecular complexity index is 424. The topological polar surface area (TPSA) is 67.4 Å². The molecule has 0 aliphatic carbocycles. The van der Waals surface area contributed by atoms with Crippen LogP contribution in [-0.2, 0) is 9.53 Å². The first-order chi connectivity index (χ1) is 8.63. The Morgan fingerprint density at radius 2 is 2.11 bits per heavy atom. The highest BCUT2D eigenvalue weighted by molar-refractivity contribution is 14.1. The molecule has 0 saturated heterocycles. The van der Waals surface area contributed by atoms with E-state index in [9.17, 15) is 9.59 Å². The molecule has 5 nitrogen and oxygen atoms in total. The first-order valence-electron chi connectivity index (χ1n) is 5.56. The van der Waals surface area contributed by atoms with Crippen molar-refractivity contribution in [3.8, 4) is 0 Å². The number of nitrogens with one attached hydrogen (secondary N) is 2. The Morgan fingerprint density at radius 1 is 1.33 bits per heavy atom. The molecule has 0 spiro atoms. The number of amides is 2. The van der Waals surface area contributed by atoms with Gasteiger partial charge in [-0.05, 0) is 47.7 Å². The van der Waals surface area contributed by atoms with E-state index in [0.29, 0.717) is 18.8 Å². The van der Waals surface area contributed by atoms with Gasteiger partial charge in [-0.15, -0.1) is 0 Å². The average Bonchev–Trinajstić information content (AvgIpc) is 2.36. The van der Waals surface area contributed by atoms with Gasteiger partial charge in [0.15, 0.2) is 0 Å². The van der Waals surface area contributed by atoms with Crippen LogP contribution in [0.15, 0.2) is 24.3 Å². The summed E-state index contributed by atoms with van der Waals surface area (Å²) in [4.78, 5) is 23.0. The lowest BCUT2D eigenvalue weighted by molar-refractivity contribution is -0.122. The largest absolute Gasteiger partial charge is 0.381 e. The van der Waals surface area contributed by atoms with Gasteiger partial charge < -0.3 is 4.74 Å². The second-order valence-electron chi connectivity index (χ2n) is 3.46. The summed E-state index contributed by atoms with van der Waals surface area (Å²) in [6.45, 7) is 2.78. The minimum Gasteiger partial charge on any atom is -0.381 e. The molecule has 1 aromatic carbocycles. The van der Waals surface area contributed by atoms with E-state index in [1.165, 1.54) is 0 Å². The lowest BCUT2D eigenvalue weighted by Gasteiger charge is -2.07. The third-order valence-corrected chi connectivity index (χ3v) is 2.75. The van der Waals surface area contributed by atoms with Crippen molar-refractivity contribution in [3.05, 3.63) is 33.4 Å². The monoisotopic (exact) mass is 362 g/mol. The van der Waals surface area contributed by atoms with Crippen LogP contribution in [0.3, 0.4) is 0 Å². The van der Waals surface area contributed by atoms with Crippen LogP contribution in [0.4, 0.5) is 0 Å². The molecule has 0 fully saturated rings. The smallest absolute Gasteiger partial charge is 0.269 e. The molecule has 2 amide bonds. The van der Waals surface area contributed by atoms with Crippen molar-refractivity contribution in [1.29, 1.82) is 0 Å². The van der Waals surface area contributed by atoms with Gasteiger partial charge in [-0.2, -0.15) is 0 Å². The first-order valence-corrected chi connectivity index (χ1v) is 6.64. The van der Waals surface area contributed by atoms with Crippen molar-refractivity contribution >= 4 is 34.4 Å². The summed E-state index contributed by atoms with van der Waals surface area (Å²) >= 11 is 2.12. The molecule has 18 heavy (non-hydrogen) atoms. The van der Waals surface area contributed by atoms with Crippen LogP contribution in [0, 0.1) is 3.57 Å². The Morgan fingerprint density at radius 3 is 2.78 bits per heavy atom. The van der Waals surface area contributed by atoms with Gasteiger partial charge in [0.25, 0.3) is 5.91 Å². The van der Waals surface area contributed by atoms with Crippen LogP contribution < -0.4 is 10.9 Å². The number of hydrogen-bond donors (Lipinski definition) is 2. The van der Waals surface area contributed by atoms with Crippen LogP contribution in [0.1, 0.15) is 23.7 Å². The molecule has 0 aromatic heterocycles. The van der Waals surface area contributed by atoms with Crippen LogP contribution >= 0.6 is 22.6 Å². The Hall–Kier alpha value is -1.15. The number of hydrazine groups is 1. The zero-order valence-corrected chi connectivity index (χ0v) is 12.2. The van der Waals surface area contributed by atoms with Crippen LogP contribution in [0.25, 0.3) is 0 Å². The first kappa shape index (κ1) is 14.9. The molecule has 0 radical (unpaired) electrons. The highest BCUT2D eigenvalue weighted by Gasteiger charge is 2.07. The van der Waals surface area contributed by atoms with Gasteiger partial charge in [-0.1, -0.05) is 6.07 Å². The zero-order valence-electron chi connectivity index (χ0n) is 10.0. The van der Waals surface area contributed by atoms with E-state index in [-0.39, 0.29) is 18.2 Å². The minimum absolute atomic E-state index is 0.223. The molecule has 0 atom stereocenters. The number of carbonyl (C=O) groups excluding carboxylic acids is 2. The number of benzene rings is 1.